The molecule has 0 aromatic carbocycles. The lowest BCUT2D eigenvalue weighted by atomic mass is 9.96. The first-order chi connectivity index (χ1) is 10.2. The van der Waals surface area contributed by atoms with Crippen LogP contribution in [0.1, 0.15) is 41.1 Å². The van der Waals surface area contributed by atoms with Gasteiger partial charge in [-0.25, -0.2) is 8.78 Å². The van der Waals surface area contributed by atoms with Crippen LogP contribution in [0.15, 0.2) is 4.52 Å². The van der Waals surface area contributed by atoms with Crippen LogP contribution in [0, 0.1) is 0 Å². The van der Waals surface area contributed by atoms with E-state index in [4.69, 9.17) is 9.26 Å². The number of aryl methyl sites for hydroxylation is 1. The molecule has 1 aliphatic heterocycles. The summed E-state index contributed by atoms with van der Waals surface area (Å²) in [6, 6.07) is -0.595. The van der Waals surface area contributed by atoms with Crippen LogP contribution in [-0.2, 0) is 17.6 Å². The Morgan fingerprint density at radius 2 is 2.19 bits per heavy atom. The molecule has 1 fully saturated rings. The third-order valence-corrected chi connectivity index (χ3v) is 4.09. The molecule has 0 N–H and O–H groups in total. The molecule has 1 saturated heterocycles. The van der Waals surface area contributed by atoms with E-state index in [1.54, 1.807) is 0 Å². The summed E-state index contributed by atoms with van der Waals surface area (Å²) in [6.45, 7) is 0.833. The average Bonchev–Trinajstić information content (AvgIpc) is 2.90. The highest BCUT2D eigenvalue weighted by Gasteiger charge is 2.34. The number of fused-ring (bicyclic) bond motifs is 1. The molecule has 0 saturated carbocycles. The van der Waals surface area contributed by atoms with Crippen molar-refractivity contribution < 1.29 is 22.8 Å². The normalized spacial score (nSPS) is 22.4. The van der Waals surface area contributed by atoms with Crippen molar-refractivity contribution in [3.05, 3.63) is 17.0 Å². The molecule has 1 aromatic heterocycles. The summed E-state index contributed by atoms with van der Waals surface area (Å²) in [5, 5.41) is 3.89. The van der Waals surface area contributed by atoms with Crippen LogP contribution in [0.3, 0.4) is 0 Å². The fourth-order valence-corrected chi connectivity index (χ4v) is 3.01. The molecule has 1 unspecified atom stereocenters. The fourth-order valence-electron chi connectivity index (χ4n) is 3.01. The van der Waals surface area contributed by atoms with Crippen molar-refractivity contribution in [1.29, 1.82) is 0 Å². The first-order valence-corrected chi connectivity index (χ1v) is 7.31. The van der Waals surface area contributed by atoms with Gasteiger partial charge in [0.15, 0.2) is 5.69 Å². The Morgan fingerprint density at radius 3 is 3.00 bits per heavy atom. The Balaban J connectivity index is 1.81. The molecule has 0 bridgehead atoms. The average molecular weight is 300 g/mol. The third kappa shape index (κ3) is 2.92. The largest absolute Gasteiger partial charge is 0.377 e. The summed E-state index contributed by atoms with van der Waals surface area (Å²) in [5.41, 5.74) is 1.15. The molecule has 5 nitrogen and oxygen atoms in total. The van der Waals surface area contributed by atoms with E-state index in [-0.39, 0.29) is 18.9 Å². The SMILES string of the molecule is O=C(c1noc2c1CCCC2)N1CCOCC1CC(F)F. The predicted octanol–water partition coefficient (Wildman–Crippen LogP) is 2.05. The number of halogens is 2. The molecule has 21 heavy (non-hydrogen) atoms. The Bertz CT molecular complexity index is 518. The van der Waals surface area contributed by atoms with Crippen molar-refractivity contribution in [2.75, 3.05) is 19.8 Å². The maximum Gasteiger partial charge on any atom is 0.276 e. The molecule has 1 atom stereocenters. The standard InChI is InChI=1S/C14H18F2N2O3/c15-12(16)7-9-8-20-6-5-18(9)14(19)13-10-3-1-2-4-11(10)21-17-13/h9,12H,1-8H2. The number of hydrogen-bond acceptors (Lipinski definition) is 4. The number of amides is 1. The second-order valence-electron chi connectivity index (χ2n) is 5.49. The maximum atomic E-state index is 12.6. The molecule has 2 heterocycles. The van der Waals surface area contributed by atoms with Gasteiger partial charge in [-0.2, -0.15) is 0 Å². The van der Waals surface area contributed by atoms with E-state index in [1.165, 1.54) is 4.90 Å². The summed E-state index contributed by atoms with van der Waals surface area (Å²) in [7, 11) is 0. The quantitative estimate of drug-likeness (QED) is 0.857. The zero-order chi connectivity index (χ0) is 14.8. The van der Waals surface area contributed by atoms with E-state index in [1.807, 2.05) is 0 Å². The van der Waals surface area contributed by atoms with Crippen LogP contribution in [-0.4, -0.2) is 48.2 Å². The Kier molecular flexibility index (Phi) is 4.19. The van der Waals surface area contributed by atoms with Crippen molar-refractivity contribution in [2.24, 2.45) is 0 Å². The monoisotopic (exact) mass is 300 g/mol. The molecule has 1 amide bonds. The molecule has 3 rings (SSSR count). The number of rotatable bonds is 3. The highest BCUT2D eigenvalue weighted by molar-refractivity contribution is 5.94. The van der Waals surface area contributed by atoms with Gasteiger partial charge in [0.1, 0.15) is 5.76 Å². The van der Waals surface area contributed by atoms with Crippen LogP contribution in [0.25, 0.3) is 0 Å². The Labute approximate surface area is 121 Å². The second kappa shape index (κ2) is 6.09. The lowest BCUT2D eigenvalue weighted by Gasteiger charge is -2.35. The first-order valence-electron chi connectivity index (χ1n) is 7.31. The zero-order valence-corrected chi connectivity index (χ0v) is 11.7. The molecule has 0 radical (unpaired) electrons. The lowest BCUT2D eigenvalue weighted by molar-refractivity contribution is -0.0220. The van der Waals surface area contributed by atoms with Crippen molar-refractivity contribution in [3.8, 4) is 0 Å². The smallest absolute Gasteiger partial charge is 0.276 e. The van der Waals surface area contributed by atoms with Crippen molar-refractivity contribution in [2.45, 2.75) is 44.6 Å². The number of alkyl halides is 2. The number of carbonyl (C=O) groups is 1. The van der Waals surface area contributed by atoms with E-state index < -0.39 is 12.5 Å². The van der Waals surface area contributed by atoms with E-state index in [2.05, 4.69) is 5.16 Å². The van der Waals surface area contributed by atoms with Crippen LogP contribution in [0.2, 0.25) is 0 Å². The van der Waals surface area contributed by atoms with Gasteiger partial charge in [-0.1, -0.05) is 5.16 Å². The van der Waals surface area contributed by atoms with Gasteiger partial charge in [-0.3, -0.25) is 4.79 Å². The number of morpholine rings is 1. The summed E-state index contributed by atoms with van der Waals surface area (Å²) < 4.78 is 35.7. The van der Waals surface area contributed by atoms with Crippen LogP contribution >= 0.6 is 0 Å². The molecule has 0 spiro atoms. The van der Waals surface area contributed by atoms with Gasteiger partial charge in [-0.05, 0) is 19.3 Å². The van der Waals surface area contributed by atoms with Crippen LogP contribution in [0.5, 0.6) is 0 Å². The summed E-state index contributed by atoms with van der Waals surface area (Å²) >= 11 is 0. The van der Waals surface area contributed by atoms with Gasteiger partial charge in [0.2, 0.25) is 6.43 Å². The van der Waals surface area contributed by atoms with Crippen LogP contribution < -0.4 is 0 Å². The molecule has 1 aromatic rings. The minimum absolute atomic E-state index is 0.149. The number of ether oxygens (including phenoxy) is 1. The van der Waals surface area contributed by atoms with E-state index in [9.17, 15) is 13.6 Å². The van der Waals surface area contributed by atoms with E-state index in [0.717, 1.165) is 37.0 Å². The number of carbonyl (C=O) groups excluding carboxylic acids is 1. The molecule has 1 aliphatic carbocycles. The van der Waals surface area contributed by atoms with Crippen LogP contribution in [0.4, 0.5) is 8.78 Å². The highest BCUT2D eigenvalue weighted by atomic mass is 19.3. The predicted molar refractivity (Wildman–Crippen MR) is 69.4 cm³/mol. The van der Waals surface area contributed by atoms with E-state index >= 15 is 0 Å². The highest BCUT2D eigenvalue weighted by Crippen LogP contribution is 2.26. The topological polar surface area (TPSA) is 55.6 Å². The molecule has 116 valence electrons. The van der Waals surface area contributed by atoms with Gasteiger partial charge >= 0.3 is 0 Å². The number of hydrogen-bond donors (Lipinski definition) is 0. The first kappa shape index (κ1) is 14.4. The minimum atomic E-state index is -2.46. The van der Waals surface area contributed by atoms with Gasteiger partial charge in [0.05, 0.1) is 19.3 Å². The maximum absolute atomic E-state index is 12.6. The fraction of sp³-hybridized carbons (Fsp3) is 0.714. The number of aromatic nitrogens is 1. The number of nitrogens with zero attached hydrogens (tertiary/aromatic N) is 2. The third-order valence-electron chi connectivity index (χ3n) is 4.09. The molecule has 7 heteroatoms. The molecular weight excluding hydrogens is 282 g/mol. The summed E-state index contributed by atoms with van der Waals surface area (Å²) in [5.74, 6) is 0.458. The Hall–Kier alpha value is -1.50. The lowest BCUT2D eigenvalue weighted by Crippen LogP contribution is -2.49. The van der Waals surface area contributed by atoms with E-state index in [0.29, 0.717) is 18.8 Å². The van der Waals surface area contributed by atoms with Gasteiger partial charge in [0, 0.05) is 24.9 Å². The minimum Gasteiger partial charge on any atom is -0.377 e. The van der Waals surface area contributed by atoms with Crippen molar-refractivity contribution in [3.63, 3.8) is 0 Å². The Morgan fingerprint density at radius 1 is 1.38 bits per heavy atom. The summed E-state index contributed by atoms with van der Waals surface area (Å²) in [4.78, 5) is 14.1. The van der Waals surface area contributed by atoms with Crippen molar-refractivity contribution >= 4 is 5.91 Å². The van der Waals surface area contributed by atoms with Gasteiger partial charge in [0.25, 0.3) is 5.91 Å². The van der Waals surface area contributed by atoms with Crippen molar-refractivity contribution in [1.82, 2.24) is 10.1 Å². The molecule has 2 aliphatic rings. The molecular formula is C14H18F2N2O3. The van der Waals surface area contributed by atoms with Gasteiger partial charge < -0.3 is 14.2 Å². The second-order valence-corrected chi connectivity index (χ2v) is 5.49. The summed E-state index contributed by atoms with van der Waals surface area (Å²) in [6.07, 6.45) is 0.756. The zero-order valence-electron chi connectivity index (χ0n) is 11.7. The van der Waals surface area contributed by atoms with Gasteiger partial charge in [-0.15, -0.1) is 0 Å².